The largest absolute Gasteiger partial charge is 0.303 e. The highest BCUT2D eigenvalue weighted by Crippen LogP contribution is 2.42. The minimum absolute atomic E-state index is 0.352. The van der Waals surface area contributed by atoms with Crippen LogP contribution in [0.3, 0.4) is 0 Å². The average Bonchev–Trinajstić information content (AvgIpc) is 3.34. The highest BCUT2D eigenvalue weighted by Gasteiger charge is 2.30. The second-order valence-corrected chi connectivity index (χ2v) is 8.22. The summed E-state index contributed by atoms with van der Waals surface area (Å²) in [4.78, 5) is 9.11. The van der Waals surface area contributed by atoms with Crippen molar-refractivity contribution in [3.63, 3.8) is 0 Å². The van der Waals surface area contributed by atoms with Gasteiger partial charge in [0.25, 0.3) is 6.33 Å². The second-order valence-electron chi connectivity index (χ2n) is 7.34. The van der Waals surface area contributed by atoms with Gasteiger partial charge < -0.3 is 4.57 Å². The lowest BCUT2D eigenvalue weighted by molar-refractivity contribution is -0.662. The van der Waals surface area contributed by atoms with Crippen molar-refractivity contribution in [3.05, 3.63) is 58.2 Å². The number of thiophene rings is 1. The van der Waals surface area contributed by atoms with E-state index in [0.717, 1.165) is 49.7 Å². The van der Waals surface area contributed by atoms with Crippen molar-refractivity contribution in [1.82, 2.24) is 14.5 Å². The maximum Gasteiger partial charge on any atom is 0.287 e. The molecule has 4 aromatic rings. The minimum Gasteiger partial charge on any atom is -0.303 e. The van der Waals surface area contributed by atoms with Crippen LogP contribution in [0.25, 0.3) is 27.2 Å². The summed E-state index contributed by atoms with van der Waals surface area (Å²) in [6.45, 7) is 3.39. The lowest BCUT2D eigenvalue weighted by Crippen LogP contribution is -2.32. The van der Waals surface area contributed by atoms with Crippen molar-refractivity contribution >= 4 is 21.6 Å². The van der Waals surface area contributed by atoms with Gasteiger partial charge in [-0.1, -0.05) is 13.8 Å². The molecule has 0 atom stereocenters. The summed E-state index contributed by atoms with van der Waals surface area (Å²) < 4.78 is 37.9. The number of rotatable bonds is 2. The van der Waals surface area contributed by atoms with Crippen LogP contribution in [0, 0.1) is 13.8 Å². The van der Waals surface area contributed by atoms with E-state index in [4.69, 9.17) is 5.48 Å². The Labute approximate surface area is 168 Å². The molecule has 0 unspecified atom stereocenters. The monoisotopic (exact) mass is 379 g/mol. The Balaban J connectivity index is 1.90. The lowest BCUT2D eigenvalue weighted by Gasteiger charge is -2.15. The predicted octanol–water partition coefficient (Wildman–Crippen LogP) is 4.62. The molecule has 0 aliphatic carbocycles. The molecule has 27 heavy (non-hydrogen) atoms. The van der Waals surface area contributed by atoms with E-state index in [9.17, 15) is 0 Å². The summed E-state index contributed by atoms with van der Waals surface area (Å²) in [6.07, 6.45) is 6.05. The molecule has 1 aliphatic rings. The van der Waals surface area contributed by atoms with Gasteiger partial charge in [-0.3, -0.25) is 0 Å². The minimum atomic E-state index is -2.23. The van der Waals surface area contributed by atoms with Crippen LogP contribution in [0.5, 0.6) is 0 Å². The molecular formula is C22H23N4S+. The number of hydrogen-bond donors (Lipinski definition) is 0. The van der Waals surface area contributed by atoms with Gasteiger partial charge in [0.2, 0.25) is 5.52 Å². The quantitative estimate of drug-likeness (QED) is 0.420. The Morgan fingerprint density at radius 1 is 1.37 bits per heavy atom. The first-order valence-corrected chi connectivity index (χ1v) is 9.82. The molecule has 0 bridgehead atoms. The molecule has 3 aromatic heterocycles. The van der Waals surface area contributed by atoms with Crippen molar-refractivity contribution in [2.24, 2.45) is 7.05 Å². The highest BCUT2D eigenvalue weighted by molar-refractivity contribution is 7.17. The van der Waals surface area contributed by atoms with Gasteiger partial charge in [0, 0.05) is 35.4 Å². The van der Waals surface area contributed by atoms with E-state index in [2.05, 4.69) is 9.97 Å². The smallest absolute Gasteiger partial charge is 0.287 e. The molecule has 136 valence electrons. The zero-order valence-corrected chi connectivity index (χ0v) is 16.6. The maximum absolute atomic E-state index is 8.52. The van der Waals surface area contributed by atoms with Gasteiger partial charge in [-0.05, 0) is 52.8 Å². The fourth-order valence-electron chi connectivity index (χ4n) is 4.03. The van der Waals surface area contributed by atoms with Gasteiger partial charge in [0.05, 0.1) is 12.7 Å². The number of hydrogen-bond acceptors (Lipinski definition) is 3. The van der Waals surface area contributed by atoms with Crippen molar-refractivity contribution in [3.8, 4) is 16.9 Å². The molecule has 0 saturated heterocycles. The van der Waals surface area contributed by atoms with E-state index in [1.165, 1.54) is 0 Å². The van der Waals surface area contributed by atoms with Gasteiger partial charge in [-0.15, -0.1) is 11.3 Å². The summed E-state index contributed by atoms with van der Waals surface area (Å²) in [6, 6.07) is 1.80. The van der Waals surface area contributed by atoms with Crippen molar-refractivity contribution in [2.45, 2.75) is 39.9 Å². The molecule has 0 saturated carbocycles. The van der Waals surface area contributed by atoms with Gasteiger partial charge in [-0.2, -0.15) is 0 Å². The second kappa shape index (κ2) is 5.73. The fraction of sp³-hybridized carbons (Fsp3) is 0.318. The molecule has 0 radical (unpaired) electrons. The molecule has 4 nitrogen and oxygen atoms in total. The van der Waals surface area contributed by atoms with Crippen LogP contribution in [0.2, 0.25) is 0 Å². The Kier molecular flexibility index (Phi) is 2.71. The van der Waals surface area contributed by atoms with E-state index in [1.54, 1.807) is 29.9 Å². The molecule has 0 amide bonds. The molecule has 0 N–H and O–H groups in total. The van der Waals surface area contributed by atoms with Gasteiger partial charge >= 0.3 is 0 Å². The first-order chi connectivity index (χ1) is 14.5. The molecule has 0 spiro atoms. The van der Waals surface area contributed by atoms with Crippen LogP contribution in [0.1, 0.15) is 53.3 Å². The molecule has 5 rings (SSSR count). The number of benzene rings is 1. The van der Waals surface area contributed by atoms with Crippen LogP contribution in [0.15, 0.2) is 30.2 Å². The van der Waals surface area contributed by atoms with Crippen LogP contribution < -0.4 is 4.57 Å². The number of imidazole rings is 1. The van der Waals surface area contributed by atoms with Crippen LogP contribution in [0.4, 0.5) is 0 Å². The highest BCUT2D eigenvalue weighted by atomic mass is 32.1. The van der Waals surface area contributed by atoms with Crippen molar-refractivity contribution in [2.75, 3.05) is 0 Å². The molecular weight excluding hydrogens is 352 g/mol. The first-order valence-electron chi connectivity index (χ1n) is 10.9. The summed E-state index contributed by atoms with van der Waals surface area (Å²) in [7, 11) is 1.94. The van der Waals surface area contributed by atoms with Gasteiger partial charge in [0.1, 0.15) is 10.5 Å². The van der Waals surface area contributed by atoms with E-state index in [0.29, 0.717) is 12.0 Å². The summed E-state index contributed by atoms with van der Waals surface area (Å²) in [5.74, 6) is 0.132. The van der Waals surface area contributed by atoms with Crippen LogP contribution in [-0.2, 0) is 13.5 Å². The molecule has 0 fully saturated rings. The Hall–Kier alpha value is -2.53. The summed E-state index contributed by atoms with van der Waals surface area (Å²) >= 11 is 1.56. The van der Waals surface area contributed by atoms with E-state index < -0.39 is 12.7 Å². The van der Waals surface area contributed by atoms with E-state index in [1.807, 2.05) is 48.5 Å². The Morgan fingerprint density at radius 2 is 2.22 bits per heavy atom. The molecule has 1 aliphatic heterocycles. The Morgan fingerprint density at radius 3 is 3.00 bits per heavy atom. The number of aromatic nitrogens is 4. The van der Waals surface area contributed by atoms with Crippen LogP contribution in [-0.4, -0.2) is 14.5 Å². The average molecular weight is 380 g/mol. The fourth-order valence-corrected chi connectivity index (χ4v) is 5.25. The Bertz CT molecular complexity index is 1360. The molecule has 4 heterocycles. The van der Waals surface area contributed by atoms with Crippen molar-refractivity contribution in [1.29, 1.82) is 0 Å². The third kappa shape index (κ3) is 2.24. The van der Waals surface area contributed by atoms with Gasteiger partial charge in [-0.25, -0.2) is 9.55 Å². The first kappa shape index (κ1) is 12.8. The third-order valence-corrected chi connectivity index (χ3v) is 6.43. The normalized spacial score (nSPS) is 15.9. The maximum atomic E-state index is 8.52. The lowest BCUT2D eigenvalue weighted by atomic mass is 9.92. The van der Waals surface area contributed by atoms with E-state index in [-0.39, 0.29) is 0 Å². The number of nitrogens with zero attached hydrogens (tertiary/aromatic N) is 4. The number of fused-ring (bicyclic) bond motifs is 4. The van der Waals surface area contributed by atoms with Crippen LogP contribution >= 0.6 is 11.3 Å². The summed E-state index contributed by atoms with van der Waals surface area (Å²) in [5, 5.41) is 2.00. The third-order valence-electron chi connectivity index (χ3n) is 5.45. The van der Waals surface area contributed by atoms with Gasteiger partial charge in [0.15, 0.2) is 5.69 Å². The van der Waals surface area contributed by atoms with E-state index >= 15 is 0 Å². The zero-order valence-electron chi connectivity index (χ0n) is 19.8. The number of aryl methyl sites for hydroxylation is 2. The standard InChI is InChI=1S/C22H23N4S/c1-12(2)16-10-27-22-20(16)24-11-25(5)21(22)19-14(4)13(3)8-17-15(19)9-18-23-6-7-26(17)18/h6-8,10-12H,9H2,1-5H3/q+1/i3D3,12D. The summed E-state index contributed by atoms with van der Waals surface area (Å²) in [5.41, 5.74) is 6.62. The van der Waals surface area contributed by atoms with Crippen molar-refractivity contribution < 1.29 is 10.1 Å². The SMILES string of the molecule is [2H]C([2H])([2H])c1cc2c(c(-c3c4scc(C([2H])(C)C)c4nc[n+]3C)c1C)Cc1nccn1-2. The zero-order chi connectivity index (χ0) is 22.3. The topological polar surface area (TPSA) is 34.6 Å². The molecule has 5 heteroatoms. The molecule has 1 aromatic carbocycles. The predicted molar refractivity (Wildman–Crippen MR) is 110 cm³/mol.